The Morgan fingerprint density at radius 2 is 1.88 bits per heavy atom. The summed E-state index contributed by atoms with van der Waals surface area (Å²) in [7, 11) is 0. The van der Waals surface area contributed by atoms with Gasteiger partial charge in [-0.1, -0.05) is 43.3 Å². The lowest BCUT2D eigenvalue weighted by Gasteiger charge is -2.25. The highest BCUT2D eigenvalue weighted by Crippen LogP contribution is 2.40. The summed E-state index contributed by atoms with van der Waals surface area (Å²) in [6.07, 6.45) is 6.82. The van der Waals surface area contributed by atoms with Crippen LogP contribution >= 0.6 is 0 Å². The molecule has 0 bridgehead atoms. The van der Waals surface area contributed by atoms with E-state index < -0.39 is 17.7 Å². The first-order valence-corrected chi connectivity index (χ1v) is 11.6. The van der Waals surface area contributed by atoms with Crippen LogP contribution in [-0.2, 0) is 22.6 Å². The van der Waals surface area contributed by atoms with E-state index in [-0.39, 0.29) is 11.3 Å². The Kier molecular flexibility index (Phi) is 7.11. The number of Topliss-reactive ketones (excluding diaryl/α,β-unsaturated/α-hetero) is 1. The van der Waals surface area contributed by atoms with E-state index in [0.717, 1.165) is 17.5 Å². The lowest BCUT2D eigenvalue weighted by Crippen LogP contribution is -2.31. The van der Waals surface area contributed by atoms with Gasteiger partial charge in [0.15, 0.2) is 0 Å². The number of amides is 1. The fourth-order valence-electron chi connectivity index (χ4n) is 4.29. The summed E-state index contributed by atoms with van der Waals surface area (Å²) >= 11 is 0. The number of nitrogens with zero attached hydrogens (tertiary/aromatic N) is 3. The van der Waals surface area contributed by atoms with Gasteiger partial charge in [-0.2, -0.15) is 0 Å². The standard InChI is InChI=1S/C27H29N3O4/c1-3-19-9-11-20(12-10-19)24-23(25(31)21-7-5-8-22(17-21)34-4-2)26(32)27(33)30(24)15-6-14-29-16-13-28-18-29/h5,7-13,16-18,24,31H,3-4,6,14-15H2,1-2H3/b25-23+. The third-order valence-electron chi connectivity index (χ3n) is 6.04. The normalized spacial score (nSPS) is 17.4. The number of imidazole rings is 1. The van der Waals surface area contributed by atoms with E-state index in [2.05, 4.69) is 11.9 Å². The van der Waals surface area contributed by atoms with Crippen LogP contribution in [0.25, 0.3) is 5.76 Å². The minimum absolute atomic E-state index is 0.102. The van der Waals surface area contributed by atoms with Crippen molar-refractivity contribution in [1.29, 1.82) is 0 Å². The van der Waals surface area contributed by atoms with Crippen molar-refractivity contribution in [3.05, 3.63) is 89.5 Å². The van der Waals surface area contributed by atoms with Crippen molar-refractivity contribution in [2.45, 2.75) is 39.3 Å². The highest BCUT2D eigenvalue weighted by Gasteiger charge is 2.45. The lowest BCUT2D eigenvalue weighted by molar-refractivity contribution is -0.139. The van der Waals surface area contributed by atoms with Gasteiger partial charge in [-0.3, -0.25) is 9.59 Å². The van der Waals surface area contributed by atoms with Gasteiger partial charge >= 0.3 is 0 Å². The molecule has 0 spiro atoms. The molecule has 2 aromatic carbocycles. The number of aliphatic hydroxyl groups excluding tert-OH is 1. The fourth-order valence-corrected chi connectivity index (χ4v) is 4.29. The van der Waals surface area contributed by atoms with Gasteiger partial charge in [-0.25, -0.2) is 4.98 Å². The number of aliphatic hydroxyl groups is 1. The molecule has 4 rings (SSSR count). The maximum Gasteiger partial charge on any atom is 0.295 e. The van der Waals surface area contributed by atoms with E-state index in [9.17, 15) is 14.7 Å². The molecule has 1 atom stereocenters. The van der Waals surface area contributed by atoms with Gasteiger partial charge in [0, 0.05) is 31.0 Å². The number of hydrogen-bond donors (Lipinski definition) is 1. The molecule has 0 saturated carbocycles. The maximum absolute atomic E-state index is 13.2. The van der Waals surface area contributed by atoms with Crippen molar-refractivity contribution in [1.82, 2.24) is 14.5 Å². The first-order valence-electron chi connectivity index (χ1n) is 11.6. The van der Waals surface area contributed by atoms with Crippen LogP contribution in [0.4, 0.5) is 0 Å². The summed E-state index contributed by atoms with van der Waals surface area (Å²) in [5.41, 5.74) is 2.50. The van der Waals surface area contributed by atoms with Gasteiger partial charge in [0.1, 0.15) is 11.5 Å². The van der Waals surface area contributed by atoms with E-state index in [1.54, 1.807) is 41.7 Å². The molecule has 1 fully saturated rings. The van der Waals surface area contributed by atoms with Gasteiger partial charge in [0.2, 0.25) is 0 Å². The number of likely N-dealkylation sites (tertiary alicyclic amines) is 1. The Morgan fingerprint density at radius 3 is 2.56 bits per heavy atom. The van der Waals surface area contributed by atoms with Crippen molar-refractivity contribution in [3.63, 3.8) is 0 Å². The molecular formula is C27H29N3O4. The number of ketones is 1. The van der Waals surface area contributed by atoms with Crippen molar-refractivity contribution < 1.29 is 19.4 Å². The highest BCUT2D eigenvalue weighted by molar-refractivity contribution is 6.46. The SMILES string of the molecule is CCOc1cccc(/C(O)=C2\C(=O)C(=O)N(CCCn3ccnc3)C2c2ccc(CC)cc2)c1. The molecule has 1 amide bonds. The number of carbonyl (C=O) groups excluding carboxylic acids is 2. The average molecular weight is 460 g/mol. The smallest absolute Gasteiger partial charge is 0.295 e. The Labute approximate surface area is 199 Å². The number of benzene rings is 2. The van der Waals surface area contributed by atoms with Gasteiger partial charge in [0.05, 0.1) is 24.5 Å². The molecule has 1 aromatic heterocycles. The number of carbonyl (C=O) groups is 2. The second-order valence-electron chi connectivity index (χ2n) is 8.20. The second kappa shape index (κ2) is 10.4. The maximum atomic E-state index is 13.2. The van der Waals surface area contributed by atoms with Crippen molar-refractivity contribution in [2.75, 3.05) is 13.2 Å². The summed E-state index contributed by atoms with van der Waals surface area (Å²) in [5, 5.41) is 11.2. The van der Waals surface area contributed by atoms with E-state index in [1.807, 2.05) is 42.0 Å². The second-order valence-corrected chi connectivity index (χ2v) is 8.20. The molecule has 2 heterocycles. The third kappa shape index (κ3) is 4.73. The highest BCUT2D eigenvalue weighted by atomic mass is 16.5. The van der Waals surface area contributed by atoms with E-state index >= 15 is 0 Å². The van der Waals surface area contributed by atoms with Crippen LogP contribution in [0.3, 0.4) is 0 Å². The van der Waals surface area contributed by atoms with Crippen LogP contribution in [0.15, 0.2) is 72.8 Å². The molecule has 7 heteroatoms. The summed E-state index contributed by atoms with van der Waals surface area (Å²) < 4.78 is 7.48. The molecule has 0 radical (unpaired) electrons. The molecule has 1 aliphatic heterocycles. The first kappa shape index (κ1) is 23.3. The van der Waals surface area contributed by atoms with E-state index in [4.69, 9.17) is 4.74 Å². The summed E-state index contributed by atoms with van der Waals surface area (Å²) in [6.45, 7) is 5.47. The molecule has 0 aliphatic carbocycles. The molecule has 1 aliphatic rings. The number of ether oxygens (including phenoxy) is 1. The molecule has 3 aromatic rings. The zero-order valence-corrected chi connectivity index (χ0v) is 19.5. The minimum atomic E-state index is -0.675. The topological polar surface area (TPSA) is 84.7 Å². The van der Waals surface area contributed by atoms with Crippen molar-refractivity contribution in [2.24, 2.45) is 0 Å². The van der Waals surface area contributed by atoms with Crippen LogP contribution in [0.2, 0.25) is 0 Å². The van der Waals surface area contributed by atoms with Gasteiger partial charge in [0.25, 0.3) is 11.7 Å². The Bertz CT molecular complexity index is 1180. The quantitative estimate of drug-likeness (QED) is 0.292. The number of hydrogen-bond acceptors (Lipinski definition) is 5. The van der Waals surface area contributed by atoms with Crippen LogP contribution in [0.1, 0.15) is 43.0 Å². The van der Waals surface area contributed by atoms with Crippen molar-refractivity contribution in [3.8, 4) is 5.75 Å². The molecule has 176 valence electrons. The summed E-state index contributed by atoms with van der Waals surface area (Å²) in [5.74, 6) is -0.879. The molecule has 1 saturated heterocycles. The zero-order chi connectivity index (χ0) is 24.1. The minimum Gasteiger partial charge on any atom is -0.507 e. The Morgan fingerprint density at radius 1 is 1.09 bits per heavy atom. The van der Waals surface area contributed by atoms with Gasteiger partial charge in [-0.15, -0.1) is 0 Å². The van der Waals surface area contributed by atoms with Gasteiger partial charge < -0.3 is 19.3 Å². The number of rotatable bonds is 9. The molecular weight excluding hydrogens is 430 g/mol. The number of aromatic nitrogens is 2. The monoisotopic (exact) mass is 459 g/mol. The molecule has 1 N–H and O–H groups in total. The van der Waals surface area contributed by atoms with Crippen molar-refractivity contribution >= 4 is 17.4 Å². The molecule has 7 nitrogen and oxygen atoms in total. The van der Waals surface area contributed by atoms with Crippen LogP contribution in [0, 0.1) is 0 Å². The van der Waals surface area contributed by atoms with Crippen LogP contribution in [0.5, 0.6) is 5.75 Å². The zero-order valence-electron chi connectivity index (χ0n) is 19.5. The lowest BCUT2D eigenvalue weighted by atomic mass is 9.94. The Hall–Kier alpha value is -3.87. The van der Waals surface area contributed by atoms with Crippen LogP contribution < -0.4 is 4.74 Å². The Balaban J connectivity index is 1.73. The largest absolute Gasteiger partial charge is 0.507 e. The summed E-state index contributed by atoms with van der Waals surface area (Å²) in [4.78, 5) is 31.9. The molecule has 1 unspecified atom stereocenters. The third-order valence-corrected chi connectivity index (χ3v) is 6.04. The van der Waals surface area contributed by atoms with E-state index in [0.29, 0.717) is 37.4 Å². The molecule has 34 heavy (non-hydrogen) atoms. The predicted octanol–water partition coefficient (Wildman–Crippen LogP) is 4.36. The van der Waals surface area contributed by atoms with Crippen LogP contribution in [-0.4, -0.2) is 44.4 Å². The fraction of sp³-hybridized carbons (Fsp3) is 0.296. The summed E-state index contributed by atoms with van der Waals surface area (Å²) in [6, 6.07) is 14.1. The number of aryl methyl sites for hydroxylation is 2. The first-order chi connectivity index (χ1) is 16.5. The van der Waals surface area contributed by atoms with Gasteiger partial charge in [-0.05, 0) is 43.0 Å². The predicted molar refractivity (Wildman–Crippen MR) is 129 cm³/mol. The average Bonchev–Trinajstić information content (AvgIpc) is 3.46. The van der Waals surface area contributed by atoms with E-state index in [1.165, 1.54) is 0 Å².